The van der Waals surface area contributed by atoms with Gasteiger partial charge in [0.05, 0.1) is 12.6 Å². The van der Waals surface area contributed by atoms with Gasteiger partial charge < -0.3 is 15.4 Å². The first-order chi connectivity index (χ1) is 8.58. The van der Waals surface area contributed by atoms with Crippen molar-refractivity contribution in [3.63, 3.8) is 0 Å². The Morgan fingerprint density at radius 2 is 1.83 bits per heavy atom. The maximum Gasteiger partial charge on any atom is 0.0666 e. The highest BCUT2D eigenvalue weighted by atomic mass is 16.5. The van der Waals surface area contributed by atoms with Crippen LogP contribution in [0.3, 0.4) is 0 Å². The molecule has 0 saturated heterocycles. The molecule has 1 aromatic rings. The average molecular weight is 250 g/mol. The molecule has 0 spiro atoms. The Morgan fingerprint density at radius 3 is 2.33 bits per heavy atom. The molecule has 2 N–H and O–H groups in total. The molecule has 0 aromatic heterocycles. The van der Waals surface area contributed by atoms with E-state index in [9.17, 15) is 0 Å². The molecular formula is C15H26N2O. The Hall–Kier alpha value is -1.06. The Kier molecular flexibility index (Phi) is 6.16. The molecule has 1 atom stereocenters. The Bertz CT molecular complexity index is 345. The normalized spacial score (nSPS) is 12.5. The number of hydrogen-bond donors (Lipinski definition) is 1. The molecule has 0 radical (unpaired) electrons. The molecule has 18 heavy (non-hydrogen) atoms. The third-order valence-corrected chi connectivity index (χ3v) is 3.26. The second-order valence-electron chi connectivity index (χ2n) is 5.00. The number of aryl methyl sites for hydroxylation is 2. The van der Waals surface area contributed by atoms with Crippen LogP contribution in [0, 0.1) is 13.8 Å². The number of rotatable bonds is 7. The number of benzene rings is 1. The van der Waals surface area contributed by atoms with Crippen molar-refractivity contribution in [2.75, 3.05) is 32.2 Å². The second-order valence-corrected chi connectivity index (χ2v) is 5.00. The number of ether oxygens (including phenoxy) is 1. The van der Waals surface area contributed by atoms with Gasteiger partial charge in [-0.1, -0.05) is 6.07 Å². The fourth-order valence-corrected chi connectivity index (χ4v) is 2.30. The molecule has 0 fully saturated rings. The molecule has 102 valence electrons. The second kappa shape index (κ2) is 7.39. The van der Waals surface area contributed by atoms with E-state index in [0.717, 1.165) is 26.0 Å². The van der Waals surface area contributed by atoms with Gasteiger partial charge in [-0.15, -0.1) is 0 Å². The first kappa shape index (κ1) is 15.0. The summed E-state index contributed by atoms with van der Waals surface area (Å²) in [7, 11) is 3.89. The highest BCUT2D eigenvalue weighted by Gasteiger charge is 2.15. The van der Waals surface area contributed by atoms with Gasteiger partial charge in [0.1, 0.15) is 0 Å². The molecule has 0 amide bonds. The monoisotopic (exact) mass is 250 g/mol. The van der Waals surface area contributed by atoms with Crippen LogP contribution < -0.4 is 10.6 Å². The number of likely N-dealkylation sites (N-methyl/N-ethyl adjacent to an activating group) is 1. The molecule has 0 saturated carbocycles. The molecule has 1 aromatic carbocycles. The van der Waals surface area contributed by atoms with E-state index in [0.29, 0.717) is 6.04 Å². The van der Waals surface area contributed by atoms with E-state index < -0.39 is 0 Å². The molecule has 1 unspecified atom stereocenters. The maximum absolute atomic E-state index is 5.60. The van der Waals surface area contributed by atoms with Crippen molar-refractivity contribution >= 4 is 5.69 Å². The molecule has 0 aliphatic carbocycles. The van der Waals surface area contributed by atoms with Gasteiger partial charge in [0.2, 0.25) is 0 Å². The van der Waals surface area contributed by atoms with Crippen molar-refractivity contribution in [2.24, 2.45) is 5.73 Å². The maximum atomic E-state index is 5.60. The van der Waals surface area contributed by atoms with E-state index >= 15 is 0 Å². The van der Waals surface area contributed by atoms with Gasteiger partial charge in [-0.2, -0.15) is 0 Å². The van der Waals surface area contributed by atoms with E-state index in [1.807, 2.05) is 0 Å². The van der Waals surface area contributed by atoms with E-state index in [-0.39, 0.29) is 0 Å². The lowest BCUT2D eigenvalue weighted by molar-refractivity contribution is 0.174. The van der Waals surface area contributed by atoms with Gasteiger partial charge in [-0.25, -0.2) is 0 Å². The lowest BCUT2D eigenvalue weighted by Crippen LogP contribution is -2.36. The van der Waals surface area contributed by atoms with Gasteiger partial charge in [0, 0.05) is 19.8 Å². The Morgan fingerprint density at radius 1 is 1.22 bits per heavy atom. The zero-order chi connectivity index (χ0) is 13.5. The van der Waals surface area contributed by atoms with E-state index in [2.05, 4.69) is 44.0 Å². The van der Waals surface area contributed by atoms with Crippen molar-refractivity contribution in [3.8, 4) is 0 Å². The molecule has 1 rings (SSSR count). The van der Waals surface area contributed by atoms with Gasteiger partial charge in [-0.05, 0) is 56.5 Å². The highest BCUT2D eigenvalue weighted by molar-refractivity contribution is 5.51. The zero-order valence-corrected chi connectivity index (χ0v) is 12.1. The fourth-order valence-electron chi connectivity index (χ4n) is 2.30. The lowest BCUT2D eigenvalue weighted by Gasteiger charge is -2.30. The van der Waals surface area contributed by atoms with Crippen LogP contribution in [0.4, 0.5) is 5.69 Å². The first-order valence-electron chi connectivity index (χ1n) is 6.58. The topological polar surface area (TPSA) is 38.5 Å². The zero-order valence-electron chi connectivity index (χ0n) is 12.1. The fraction of sp³-hybridized carbons (Fsp3) is 0.600. The van der Waals surface area contributed by atoms with Crippen molar-refractivity contribution < 1.29 is 4.74 Å². The summed E-state index contributed by atoms with van der Waals surface area (Å²) in [4.78, 5) is 2.30. The van der Waals surface area contributed by atoms with Gasteiger partial charge in [0.15, 0.2) is 0 Å². The summed E-state index contributed by atoms with van der Waals surface area (Å²) < 4.78 is 5.32. The summed E-state index contributed by atoms with van der Waals surface area (Å²) in [5.74, 6) is 0. The minimum absolute atomic E-state index is 0.389. The molecule has 0 aliphatic heterocycles. The molecule has 0 heterocycles. The predicted octanol–water partition coefficient (Wildman–Crippen LogP) is 2.49. The number of anilines is 1. The standard InChI is InChI=1S/C15H26N2O/c1-12-8-13(2)10-15(9-12)17(3)14(11-18-4)6-5-7-16/h8-10,14H,5-7,11,16H2,1-4H3. The summed E-state index contributed by atoms with van der Waals surface area (Å²) >= 11 is 0. The van der Waals surface area contributed by atoms with Gasteiger partial charge >= 0.3 is 0 Å². The van der Waals surface area contributed by atoms with Crippen molar-refractivity contribution in [1.82, 2.24) is 0 Å². The van der Waals surface area contributed by atoms with Crippen molar-refractivity contribution in [3.05, 3.63) is 29.3 Å². The van der Waals surface area contributed by atoms with Crippen LogP contribution in [-0.2, 0) is 4.74 Å². The van der Waals surface area contributed by atoms with Crippen LogP contribution in [0.25, 0.3) is 0 Å². The molecule has 0 bridgehead atoms. The molecule has 3 heteroatoms. The van der Waals surface area contributed by atoms with Crippen LogP contribution in [0.15, 0.2) is 18.2 Å². The van der Waals surface area contributed by atoms with Crippen LogP contribution in [0.1, 0.15) is 24.0 Å². The summed E-state index contributed by atoms with van der Waals surface area (Å²) in [6.07, 6.45) is 2.09. The van der Waals surface area contributed by atoms with E-state index in [1.165, 1.54) is 16.8 Å². The molecular weight excluding hydrogens is 224 g/mol. The van der Waals surface area contributed by atoms with Gasteiger partial charge in [-0.3, -0.25) is 0 Å². The van der Waals surface area contributed by atoms with Crippen LogP contribution in [0.5, 0.6) is 0 Å². The quantitative estimate of drug-likeness (QED) is 0.808. The van der Waals surface area contributed by atoms with Crippen LogP contribution in [0.2, 0.25) is 0 Å². The Balaban J connectivity index is 2.82. The average Bonchev–Trinajstić information content (AvgIpc) is 2.32. The third kappa shape index (κ3) is 4.31. The SMILES string of the molecule is COCC(CCCN)N(C)c1cc(C)cc(C)c1. The summed E-state index contributed by atoms with van der Waals surface area (Å²) in [6.45, 7) is 5.75. The van der Waals surface area contributed by atoms with Crippen LogP contribution >= 0.6 is 0 Å². The first-order valence-corrected chi connectivity index (χ1v) is 6.58. The minimum Gasteiger partial charge on any atom is -0.383 e. The third-order valence-electron chi connectivity index (χ3n) is 3.26. The number of nitrogens with two attached hydrogens (primary N) is 1. The largest absolute Gasteiger partial charge is 0.383 e. The molecule has 0 aliphatic rings. The summed E-state index contributed by atoms with van der Waals surface area (Å²) in [5, 5.41) is 0. The number of hydrogen-bond acceptors (Lipinski definition) is 3. The Labute approximate surface area is 111 Å². The summed E-state index contributed by atoms with van der Waals surface area (Å²) in [6, 6.07) is 7.03. The molecule has 3 nitrogen and oxygen atoms in total. The summed E-state index contributed by atoms with van der Waals surface area (Å²) in [5.41, 5.74) is 9.45. The van der Waals surface area contributed by atoms with Gasteiger partial charge in [0.25, 0.3) is 0 Å². The van der Waals surface area contributed by atoms with E-state index in [1.54, 1.807) is 7.11 Å². The van der Waals surface area contributed by atoms with E-state index in [4.69, 9.17) is 10.5 Å². The number of nitrogens with zero attached hydrogens (tertiary/aromatic N) is 1. The highest BCUT2D eigenvalue weighted by Crippen LogP contribution is 2.21. The lowest BCUT2D eigenvalue weighted by atomic mass is 10.1. The van der Waals surface area contributed by atoms with Crippen LogP contribution in [-0.4, -0.2) is 33.4 Å². The number of methoxy groups -OCH3 is 1. The smallest absolute Gasteiger partial charge is 0.0666 e. The van der Waals surface area contributed by atoms with Crippen molar-refractivity contribution in [1.29, 1.82) is 0 Å². The van der Waals surface area contributed by atoms with Crippen molar-refractivity contribution in [2.45, 2.75) is 32.7 Å². The predicted molar refractivity (Wildman–Crippen MR) is 78.3 cm³/mol. The minimum atomic E-state index is 0.389.